The lowest BCUT2D eigenvalue weighted by molar-refractivity contribution is -0.385. The number of halogens is 1. The highest BCUT2D eigenvalue weighted by Gasteiger charge is 2.16. The number of hydrogen-bond donors (Lipinski definition) is 0. The largest absolute Gasteiger partial charge is 0.325 e. The minimum Gasteiger partial charge on any atom is -0.325 e. The molecule has 17 heavy (non-hydrogen) atoms. The van der Waals surface area contributed by atoms with Crippen LogP contribution in [0, 0.1) is 10.1 Å². The van der Waals surface area contributed by atoms with Gasteiger partial charge in [0.15, 0.2) is 0 Å². The van der Waals surface area contributed by atoms with Crippen LogP contribution in [0.3, 0.4) is 0 Å². The highest BCUT2D eigenvalue weighted by Crippen LogP contribution is 2.24. The number of rotatable bonds is 2. The monoisotopic (exact) mass is 343 g/mol. The summed E-state index contributed by atoms with van der Waals surface area (Å²) >= 11 is 2.22. The second-order valence-corrected chi connectivity index (χ2v) is 4.90. The first-order valence-corrected chi connectivity index (χ1v) is 6.10. The SMILES string of the molecule is CC1C=CC(I)=CN1c1ccc([N+](=O)[O-])cn1. The van der Waals surface area contributed by atoms with E-state index in [-0.39, 0.29) is 11.7 Å². The zero-order chi connectivity index (χ0) is 12.4. The smallest absolute Gasteiger partial charge is 0.287 e. The Hall–Kier alpha value is -1.44. The Morgan fingerprint density at radius 1 is 1.53 bits per heavy atom. The molecule has 0 aromatic carbocycles. The first-order valence-electron chi connectivity index (χ1n) is 5.02. The van der Waals surface area contributed by atoms with Crippen LogP contribution in [0.2, 0.25) is 0 Å². The lowest BCUT2D eigenvalue weighted by Gasteiger charge is -2.27. The van der Waals surface area contributed by atoms with Gasteiger partial charge in [-0.3, -0.25) is 10.1 Å². The second-order valence-electron chi connectivity index (χ2n) is 3.65. The van der Waals surface area contributed by atoms with E-state index in [2.05, 4.69) is 33.7 Å². The van der Waals surface area contributed by atoms with Gasteiger partial charge in [-0.1, -0.05) is 6.08 Å². The number of nitro groups is 1. The molecule has 1 atom stereocenters. The Balaban J connectivity index is 2.28. The molecule has 0 saturated carbocycles. The number of aromatic nitrogens is 1. The highest BCUT2D eigenvalue weighted by molar-refractivity contribution is 14.1. The van der Waals surface area contributed by atoms with Crippen molar-refractivity contribution in [1.29, 1.82) is 0 Å². The standard InChI is InChI=1S/C11H10IN3O2/c1-8-2-3-9(12)7-14(8)11-5-4-10(6-13-11)15(16)17/h2-8H,1H3. The Morgan fingerprint density at radius 2 is 2.29 bits per heavy atom. The lowest BCUT2D eigenvalue weighted by Crippen LogP contribution is -2.28. The molecular weight excluding hydrogens is 333 g/mol. The van der Waals surface area contributed by atoms with Crippen molar-refractivity contribution in [3.05, 3.63) is 50.4 Å². The average molecular weight is 343 g/mol. The fourth-order valence-corrected chi connectivity index (χ4v) is 2.04. The summed E-state index contributed by atoms with van der Waals surface area (Å²) < 4.78 is 1.10. The number of pyridine rings is 1. The molecule has 0 aliphatic carbocycles. The second kappa shape index (κ2) is 4.82. The van der Waals surface area contributed by atoms with E-state index in [1.165, 1.54) is 12.3 Å². The van der Waals surface area contributed by atoms with Crippen LogP contribution in [-0.2, 0) is 0 Å². The normalized spacial score (nSPS) is 19.1. The third kappa shape index (κ3) is 2.63. The highest BCUT2D eigenvalue weighted by atomic mass is 127. The van der Waals surface area contributed by atoms with E-state index in [1.807, 2.05) is 24.1 Å². The molecule has 0 radical (unpaired) electrons. The van der Waals surface area contributed by atoms with E-state index in [0.29, 0.717) is 5.82 Å². The van der Waals surface area contributed by atoms with Crippen LogP contribution in [0.25, 0.3) is 0 Å². The first kappa shape index (κ1) is 12.0. The molecule has 1 aromatic rings. The molecule has 1 unspecified atom stereocenters. The zero-order valence-electron chi connectivity index (χ0n) is 9.08. The van der Waals surface area contributed by atoms with E-state index in [1.54, 1.807) is 6.07 Å². The third-order valence-electron chi connectivity index (χ3n) is 2.44. The van der Waals surface area contributed by atoms with Gasteiger partial charge in [-0.05, 0) is 41.7 Å². The van der Waals surface area contributed by atoms with Gasteiger partial charge in [0, 0.05) is 15.8 Å². The zero-order valence-corrected chi connectivity index (χ0v) is 11.2. The maximum absolute atomic E-state index is 10.5. The lowest BCUT2D eigenvalue weighted by atomic mass is 10.2. The van der Waals surface area contributed by atoms with Gasteiger partial charge in [-0.25, -0.2) is 4.98 Å². The predicted octanol–water partition coefficient (Wildman–Crippen LogP) is 3.03. The molecule has 0 spiro atoms. The molecule has 0 N–H and O–H groups in total. The molecule has 2 heterocycles. The van der Waals surface area contributed by atoms with Gasteiger partial charge in [-0.2, -0.15) is 0 Å². The van der Waals surface area contributed by atoms with Crippen molar-refractivity contribution >= 4 is 34.1 Å². The van der Waals surface area contributed by atoms with Crippen molar-refractivity contribution < 1.29 is 4.92 Å². The van der Waals surface area contributed by atoms with Crippen molar-refractivity contribution in [3.63, 3.8) is 0 Å². The van der Waals surface area contributed by atoms with Gasteiger partial charge in [0.05, 0.1) is 11.0 Å². The summed E-state index contributed by atoms with van der Waals surface area (Å²) in [6, 6.07) is 3.32. The predicted molar refractivity (Wildman–Crippen MR) is 74.1 cm³/mol. The third-order valence-corrected chi connectivity index (χ3v) is 3.08. The number of anilines is 1. The van der Waals surface area contributed by atoms with Crippen LogP contribution in [0.4, 0.5) is 11.5 Å². The summed E-state index contributed by atoms with van der Waals surface area (Å²) in [5.74, 6) is 0.710. The molecule has 1 aliphatic heterocycles. The molecule has 0 amide bonds. The van der Waals surface area contributed by atoms with Crippen LogP contribution in [-0.4, -0.2) is 15.9 Å². The quantitative estimate of drug-likeness (QED) is 0.471. The van der Waals surface area contributed by atoms with Crippen molar-refractivity contribution in [2.45, 2.75) is 13.0 Å². The summed E-state index contributed by atoms with van der Waals surface area (Å²) in [6.07, 6.45) is 7.35. The molecule has 0 fully saturated rings. The molecule has 1 aliphatic rings. The van der Waals surface area contributed by atoms with E-state index in [0.717, 1.165) is 3.58 Å². The molecule has 6 heteroatoms. The summed E-state index contributed by atoms with van der Waals surface area (Å²) in [5.41, 5.74) is 0.00707. The van der Waals surface area contributed by atoms with Crippen molar-refractivity contribution in [2.75, 3.05) is 4.90 Å². The number of hydrogen-bond acceptors (Lipinski definition) is 4. The molecule has 5 nitrogen and oxygen atoms in total. The topological polar surface area (TPSA) is 59.3 Å². The van der Waals surface area contributed by atoms with Crippen molar-refractivity contribution in [1.82, 2.24) is 4.98 Å². The van der Waals surface area contributed by atoms with Gasteiger partial charge < -0.3 is 4.90 Å². The molecule has 1 aromatic heterocycles. The van der Waals surface area contributed by atoms with E-state index >= 15 is 0 Å². The molecule has 88 valence electrons. The number of allylic oxidation sites excluding steroid dienone is 2. The summed E-state index contributed by atoms with van der Waals surface area (Å²) in [6.45, 7) is 2.04. The van der Waals surface area contributed by atoms with Crippen LogP contribution in [0.1, 0.15) is 6.92 Å². The fraction of sp³-hybridized carbons (Fsp3) is 0.182. The fourth-order valence-electron chi connectivity index (χ4n) is 1.53. The Labute approximate surface area is 112 Å². The van der Waals surface area contributed by atoms with Gasteiger partial charge in [-0.15, -0.1) is 0 Å². The van der Waals surface area contributed by atoms with Crippen molar-refractivity contribution in [2.24, 2.45) is 0 Å². The van der Waals surface area contributed by atoms with E-state index in [4.69, 9.17) is 0 Å². The summed E-state index contributed by atoms with van der Waals surface area (Å²) in [7, 11) is 0. The number of nitrogens with zero attached hydrogens (tertiary/aromatic N) is 3. The van der Waals surface area contributed by atoms with Gasteiger partial charge in [0.2, 0.25) is 0 Å². The van der Waals surface area contributed by atoms with Gasteiger partial charge in [0.25, 0.3) is 5.69 Å². The first-order chi connectivity index (χ1) is 8.08. The minimum atomic E-state index is -0.449. The Kier molecular flexibility index (Phi) is 3.41. The van der Waals surface area contributed by atoms with E-state index in [9.17, 15) is 10.1 Å². The maximum Gasteiger partial charge on any atom is 0.287 e. The van der Waals surface area contributed by atoms with Crippen LogP contribution in [0.15, 0.2) is 40.3 Å². The molecule has 0 saturated heterocycles. The summed E-state index contributed by atoms with van der Waals surface area (Å²) in [5, 5.41) is 10.5. The van der Waals surface area contributed by atoms with Crippen LogP contribution in [0.5, 0.6) is 0 Å². The molecular formula is C11H10IN3O2. The van der Waals surface area contributed by atoms with Crippen LogP contribution < -0.4 is 4.90 Å². The Bertz CT molecular complexity index is 496. The van der Waals surface area contributed by atoms with Crippen LogP contribution >= 0.6 is 22.6 Å². The summed E-state index contributed by atoms with van der Waals surface area (Å²) in [4.78, 5) is 16.2. The Morgan fingerprint density at radius 3 is 2.88 bits per heavy atom. The maximum atomic E-state index is 10.5. The minimum absolute atomic E-state index is 0.00707. The average Bonchev–Trinajstić information content (AvgIpc) is 2.32. The van der Waals surface area contributed by atoms with Gasteiger partial charge >= 0.3 is 0 Å². The van der Waals surface area contributed by atoms with E-state index < -0.39 is 4.92 Å². The molecule has 0 bridgehead atoms. The van der Waals surface area contributed by atoms with Gasteiger partial charge in [0.1, 0.15) is 12.0 Å². The van der Waals surface area contributed by atoms with Crippen molar-refractivity contribution in [3.8, 4) is 0 Å². The molecule has 2 rings (SSSR count).